The zero-order valence-corrected chi connectivity index (χ0v) is 7.66. The Kier molecular flexibility index (Phi) is 95.6. The maximum Gasteiger partial charge on any atom is 0 e. The molecule has 0 amide bonds. The van der Waals surface area contributed by atoms with Crippen molar-refractivity contribution in [1.82, 2.24) is 0 Å². The van der Waals surface area contributed by atoms with Gasteiger partial charge in [0.25, 0.3) is 0 Å². The molecule has 4 heavy (non-hydrogen) atoms. The van der Waals surface area contributed by atoms with Crippen LogP contribution in [-0.2, 0) is 39.3 Å². The molecule has 0 aliphatic rings. The third kappa shape index (κ3) is 9.32. The topological polar surface area (TPSA) is 17.1 Å². The van der Waals surface area contributed by atoms with Crippen LogP contribution in [0.25, 0.3) is 0 Å². The van der Waals surface area contributed by atoms with Crippen LogP contribution in [0.5, 0.6) is 0 Å². The molecule has 0 saturated carbocycles. The molecule has 0 aromatic rings. The van der Waals surface area contributed by atoms with Gasteiger partial charge in [-0.05, 0) is 0 Å². The van der Waals surface area contributed by atoms with Crippen LogP contribution in [0.4, 0.5) is 0 Å². The van der Waals surface area contributed by atoms with E-state index in [1.807, 2.05) is 15.9 Å². The first-order chi connectivity index (χ1) is 1.00. The Labute approximate surface area is 64.8 Å². The van der Waals surface area contributed by atoms with Crippen molar-refractivity contribution in [3.63, 3.8) is 0 Å². The van der Waals surface area contributed by atoms with Crippen LogP contribution in [0, 0.1) is 0 Å². The fraction of sp³-hybridized carbons (Fsp3) is 0. The molecule has 0 saturated heterocycles. The van der Waals surface area contributed by atoms with E-state index in [-0.39, 0.29) is 45.4 Å². The van der Waals surface area contributed by atoms with Crippen molar-refractivity contribution in [2.24, 2.45) is 0 Å². The van der Waals surface area contributed by atoms with Gasteiger partial charge in [0.15, 0.2) is 0 Å². The fourth-order valence-electron chi connectivity index (χ4n) is 0. The van der Waals surface area contributed by atoms with Crippen molar-refractivity contribution >= 4 is 23.1 Å². The smallest absolute Gasteiger partial charge is 0 e. The molecule has 0 aromatic carbocycles. The molecular weight excluding hydrogens is 162 g/mol. The summed E-state index contributed by atoms with van der Waals surface area (Å²) in [6.07, 6.45) is 0. The molecule has 0 heterocycles. The van der Waals surface area contributed by atoms with E-state index < -0.39 is 0 Å². The molecule has 0 unspecified atom stereocenters. The van der Waals surface area contributed by atoms with Gasteiger partial charge in [-0.1, -0.05) is 0 Å². The third-order valence-corrected chi connectivity index (χ3v) is 0. The predicted molar refractivity (Wildman–Crippen MR) is 8.66 cm³/mol. The molecule has 0 radical (unpaired) electrons. The van der Waals surface area contributed by atoms with Gasteiger partial charge in [-0.2, -0.15) is 0 Å². The average Bonchev–Trinajstić information content (AvgIpc) is 1.00. The Hall–Kier alpha value is 1.71. The monoisotopic (exact) mass is 162 g/mol. The molecular formula is H2FeMgOZn. The quantitative estimate of drug-likeness (QED) is 0.449. The summed E-state index contributed by atoms with van der Waals surface area (Å²) in [6, 6.07) is 0. The summed E-state index contributed by atoms with van der Waals surface area (Å²) in [5.74, 6) is 0. The summed E-state index contributed by atoms with van der Waals surface area (Å²) in [5.41, 5.74) is 0. The molecule has 0 spiro atoms. The third-order valence-electron chi connectivity index (χ3n) is 0. The summed E-state index contributed by atoms with van der Waals surface area (Å²) in [5, 5.41) is 0. The second-order valence-electron chi connectivity index (χ2n) is 0. The first-order valence-electron chi connectivity index (χ1n) is 0.144. The normalized spacial score (nSPS) is 1.25. The van der Waals surface area contributed by atoms with Crippen molar-refractivity contribution in [3.8, 4) is 0 Å². The standard InChI is InChI=1S/Fe.Mg.O.Zn.2H/q;+2;;;2*-1. The molecule has 0 bridgehead atoms. The molecule has 0 N–H and O–H groups in total. The largest absolute Gasteiger partial charge is 0 e. The zero-order chi connectivity index (χ0) is 2.00. The van der Waals surface area contributed by atoms with Crippen molar-refractivity contribution in [2.75, 3.05) is 0 Å². The number of hydrogen-bond donors (Lipinski definition) is 0. The Bertz CT molecular complexity index is 13.5. The van der Waals surface area contributed by atoms with E-state index >= 15 is 0 Å². The van der Waals surface area contributed by atoms with E-state index in [2.05, 4.69) is 0 Å². The molecule has 0 aliphatic carbocycles. The van der Waals surface area contributed by atoms with Gasteiger partial charge in [-0.15, -0.1) is 0 Å². The summed E-state index contributed by atoms with van der Waals surface area (Å²) < 4.78 is 8.00. The van der Waals surface area contributed by atoms with E-state index in [0.29, 0.717) is 0 Å². The van der Waals surface area contributed by atoms with Crippen LogP contribution in [0.1, 0.15) is 2.85 Å². The minimum absolute atomic E-state index is 0. The van der Waals surface area contributed by atoms with Gasteiger partial charge in [0.05, 0.1) is 0 Å². The SMILES string of the molecule is [H-].[H-].[Mg+2].[O]=[Fe].[Zn]. The maximum absolute atomic E-state index is 8.00. The Balaban J connectivity index is -0.000000000833. The van der Waals surface area contributed by atoms with Gasteiger partial charge >= 0.3 is 42.8 Å². The number of rotatable bonds is 0. The molecule has 0 aromatic heterocycles. The zero-order valence-electron chi connectivity index (χ0n) is 4.18. The van der Waals surface area contributed by atoms with Gasteiger partial charge in [0.2, 0.25) is 0 Å². The molecule has 0 atom stereocenters. The first kappa shape index (κ1) is 17.3. The second kappa shape index (κ2) is 22.2. The molecule has 20 valence electrons. The Morgan fingerprint density at radius 1 is 1.50 bits per heavy atom. The molecule has 0 fully saturated rings. The molecule has 0 rings (SSSR count). The van der Waals surface area contributed by atoms with Crippen LogP contribution in [-0.4, -0.2) is 23.1 Å². The summed E-state index contributed by atoms with van der Waals surface area (Å²) in [6.45, 7) is 0. The van der Waals surface area contributed by atoms with E-state index in [0.717, 1.165) is 0 Å². The minimum atomic E-state index is 0. The Morgan fingerprint density at radius 2 is 1.50 bits per heavy atom. The van der Waals surface area contributed by atoms with Crippen LogP contribution in [0.2, 0.25) is 0 Å². The Morgan fingerprint density at radius 3 is 1.50 bits per heavy atom. The minimum Gasteiger partial charge on any atom is 0 e. The molecule has 4 heteroatoms. The summed E-state index contributed by atoms with van der Waals surface area (Å²) >= 11 is 2.00. The van der Waals surface area contributed by atoms with Crippen molar-refractivity contribution < 1.29 is 42.1 Å². The van der Waals surface area contributed by atoms with E-state index in [4.69, 9.17) is 3.83 Å². The molecule has 0 aliphatic heterocycles. The van der Waals surface area contributed by atoms with E-state index in [9.17, 15) is 0 Å². The summed E-state index contributed by atoms with van der Waals surface area (Å²) in [7, 11) is 0. The first-order valence-corrected chi connectivity index (χ1v) is 0.595. The van der Waals surface area contributed by atoms with Gasteiger partial charge in [-0.3, -0.25) is 0 Å². The fourth-order valence-corrected chi connectivity index (χ4v) is 0. The van der Waals surface area contributed by atoms with Crippen molar-refractivity contribution in [3.05, 3.63) is 0 Å². The number of hydrogen-bond acceptors (Lipinski definition) is 1. The van der Waals surface area contributed by atoms with Crippen LogP contribution < -0.4 is 0 Å². The van der Waals surface area contributed by atoms with Crippen LogP contribution >= 0.6 is 0 Å². The van der Waals surface area contributed by atoms with E-state index in [1.54, 1.807) is 0 Å². The van der Waals surface area contributed by atoms with Gasteiger partial charge in [-0.25, -0.2) is 0 Å². The van der Waals surface area contributed by atoms with Gasteiger partial charge in [0.1, 0.15) is 0 Å². The van der Waals surface area contributed by atoms with Gasteiger partial charge in [0, 0.05) is 19.5 Å². The molecule has 1 nitrogen and oxygen atoms in total. The maximum atomic E-state index is 8.00. The predicted octanol–water partition coefficient (Wildman–Crippen LogP) is -0.280. The van der Waals surface area contributed by atoms with E-state index in [1.165, 1.54) is 0 Å². The van der Waals surface area contributed by atoms with Gasteiger partial charge < -0.3 is 2.85 Å². The second-order valence-corrected chi connectivity index (χ2v) is 0. The van der Waals surface area contributed by atoms with Crippen molar-refractivity contribution in [2.45, 2.75) is 0 Å². The average molecular weight is 164 g/mol. The van der Waals surface area contributed by atoms with Crippen molar-refractivity contribution in [1.29, 1.82) is 0 Å². The summed E-state index contributed by atoms with van der Waals surface area (Å²) in [4.78, 5) is 0. The van der Waals surface area contributed by atoms with Crippen LogP contribution in [0.15, 0.2) is 0 Å². The van der Waals surface area contributed by atoms with Crippen LogP contribution in [0.3, 0.4) is 0 Å².